The van der Waals surface area contributed by atoms with Crippen LogP contribution in [-0.4, -0.2) is 60.7 Å². The largest absolute Gasteiger partial charge is 0.467 e. The third-order valence-corrected chi connectivity index (χ3v) is 6.09. The topological polar surface area (TPSA) is 149 Å². The summed E-state index contributed by atoms with van der Waals surface area (Å²) in [5.74, 6) is -3.08. The highest BCUT2D eigenvalue weighted by molar-refractivity contribution is 5.93. The van der Waals surface area contributed by atoms with Gasteiger partial charge in [-0.15, -0.1) is 0 Å². The summed E-state index contributed by atoms with van der Waals surface area (Å²) < 4.78 is 15.3. The first kappa shape index (κ1) is 34.4. The summed E-state index contributed by atoms with van der Waals surface area (Å²) in [6.45, 7) is 12.4. The molecule has 0 aliphatic heterocycles. The molecule has 224 valence electrons. The molecule has 0 aliphatic carbocycles. The number of carbonyl (C=O) groups excluding carboxylic acids is 5. The number of alkyl carbamates (subject to hydrolysis) is 1. The second-order valence-corrected chi connectivity index (χ2v) is 11.0. The summed E-state index contributed by atoms with van der Waals surface area (Å²) in [5, 5.41) is 7.90. The molecule has 0 aromatic heterocycles. The van der Waals surface area contributed by atoms with Crippen molar-refractivity contribution in [2.24, 2.45) is 11.8 Å². The lowest BCUT2D eigenvalue weighted by molar-refractivity contribution is -0.155. The van der Waals surface area contributed by atoms with Gasteiger partial charge in [0.15, 0.2) is 0 Å². The summed E-state index contributed by atoms with van der Waals surface area (Å²) in [5.41, 5.74) is 0.105. The number of hydrogen-bond donors (Lipinski definition) is 3. The number of hydrogen-bond acceptors (Lipinski definition) is 8. The van der Waals surface area contributed by atoms with Crippen LogP contribution in [0, 0.1) is 11.8 Å². The number of rotatable bonds is 14. The Labute approximate surface area is 237 Å². The van der Waals surface area contributed by atoms with Crippen LogP contribution in [0.25, 0.3) is 0 Å². The maximum atomic E-state index is 13.3. The molecule has 3 N–H and O–H groups in total. The molecule has 0 aliphatic rings. The Kier molecular flexibility index (Phi) is 14.2. The quantitative estimate of drug-likeness (QED) is 0.231. The standard InChI is InChI=1S/C29H45N3O8/c1-9-19(4)24(32-28(37)39-17-20-13-11-10-12-14-20)26(35)31-23(18(2)3)25(34)30-21(27(36)38-8)15-16-22(33)40-29(5,6)7/h10-14,18-19,21,23-24H,9,15-17H2,1-8H3,(H,30,34)(H,31,35)(H,32,37)/t19-,21-,23-,24-/m0/s1. The number of benzene rings is 1. The first-order valence-electron chi connectivity index (χ1n) is 13.6. The minimum Gasteiger partial charge on any atom is -0.467 e. The fourth-order valence-electron chi connectivity index (χ4n) is 3.68. The van der Waals surface area contributed by atoms with Crippen molar-refractivity contribution in [2.45, 2.75) is 98.1 Å². The molecule has 0 saturated carbocycles. The van der Waals surface area contributed by atoms with Crippen molar-refractivity contribution in [2.75, 3.05) is 7.11 Å². The monoisotopic (exact) mass is 563 g/mol. The van der Waals surface area contributed by atoms with Gasteiger partial charge in [0.25, 0.3) is 0 Å². The van der Waals surface area contributed by atoms with E-state index in [2.05, 4.69) is 16.0 Å². The second kappa shape index (κ2) is 16.5. The number of esters is 2. The van der Waals surface area contributed by atoms with E-state index < -0.39 is 53.6 Å². The van der Waals surface area contributed by atoms with Gasteiger partial charge in [0.05, 0.1) is 7.11 Å². The lowest BCUT2D eigenvalue weighted by atomic mass is 9.96. The number of nitrogens with one attached hydrogen (secondary N) is 3. The average molecular weight is 564 g/mol. The Balaban J connectivity index is 2.91. The molecule has 0 spiro atoms. The van der Waals surface area contributed by atoms with E-state index in [9.17, 15) is 24.0 Å². The zero-order valence-electron chi connectivity index (χ0n) is 24.9. The van der Waals surface area contributed by atoms with Gasteiger partial charge in [-0.3, -0.25) is 14.4 Å². The van der Waals surface area contributed by atoms with Gasteiger partial charge < -0.3 is 30.2 Å². The highest BCUT2D eigenvalue weighted by Crippen LogP contribution is 2.13. The van der Waals surface area contributed by atoms with Gasteiger partial charge >= 0.3 is 18.0 Å². The van der Waals surface area contributed by atoms with Crippen molar-refractivity contribution in [1.82, 2.24) is 16.0 Å². The number of carbonyl (C=O) groups is 5. The molecule has 0 saturated heterocycles. The minimum atomic E-state index is -1.13. The summed E-state index contributed by atoms with van der Waals surface area (Å²) in [6, 6.07) is 6.00. The zero-order valence-corrected chi connectivity index (χ0v) is 24.9. The number of ether oxygens (including phenoxy) is 3. The Hall–Kier alpha value is -3.63. The Morgan fingerprint density at radius 3 is 2.00 bits per heavy atom. The normalized spacial score (nSPS) is 14.2. The molecule has 1 aromatic carbocycles. The van der Waals surface area contributed by atoms with E-state index in [-0.39, 0.29) is 31.3 Å². The van der Waals surface area contributed by atoms with Crippen LogP contribution in [0.2, 0.25) is 0 Å². The molecule has 11 nitrogen and oxygen atoms in total. The molecule has 0 radical (unpaired) electrons. The summed E-state index contributed by atoms with van der Waals surface area (Å²) in [7, 11) is 1.18. The van der Waals surface area contributed by atoms with Crippen LogP contribution in [0.3, 0.4) is 0 Å². The summed E-state index contributed by atoms with van der Waals surface area (Å²) in [4.78, 5) is 63.5. The number of methoxy groups -OCH3 is 1. The summed E-state index contributed by atoms with van der Waals surface area (Å²) >= 11 is 0. The average Bonchev–Trinajstić information content (AvgIpc) is 2.89. The van der Waals surface area contributed by atoms with E-state index in [1.807, 2.05) is 37.3 Å². The van der Waals surface area contributed by atoms with Crippen molar-refractivity contribution in [3.8, 4) is 0 Å². The molecule has 4 atom stereocenters. The third kappa shape index (κ3) is 12.5. The predicted octanol–water partition coefficient (Wildman–Crippen LogP) is 3.25. The predicted molar refractivity (Wildman–Crippen MR) is 149 cm³/mol. The fraction of sp³-hybridized carbons (Fsp3) is 0.621. The van der Waals surface area contributed by atoms with Crippen molar-refractivity contribution in [3.05, 3.63) is 35.9 Å². The minimum absolute atomic E-state index is 0.0384. The fourth-order valence-corrected chi connectivity index (χ4v) is 3.68. The van der Waals surface area contributed by atoms with Crippen molar-refractivity contribution < 1.29 is 38.2 Å². The van der Waals surface area contributed by atoms with Crippen LogP contribution in [0.5, 0.6) is 0 Å². The molecule has 0 bridgehead atoms. The lowest BCUT2D eigenvalue weighted by Crippen LogP contribution is -2.58. The molecule has 3 amide bonds. The summed E-state index contributed by atoms with van der Waals surface area (Å²) in [6.07, 6.45) is -0.356. The highest BCUT2D eigenvalue weighted by Gasteiger charge is 2.34. The SMILES string of the molecule is CC[C@H](C)[C@H](NC(=O)OCc1ccccc1)C(=O)N[C@H](C(=O)N[C@@H](CCC(=O)OC(C)(C)C)C(=O)OC)C(C)C. The van der Waals surface area contributed by atoms with Gasteiger partial charge in [-0.1, -0.05) is 64.4 Å². The molecule has 1 aromatic rings. The van der Waals surface area contributed by atoms with E-state index in [0.717, 1.165) is 5.56 Å². The van der Waals surface area contributed by atoms with Gasteiger partial charge in [0, 0.05) is 6.42 Å². The molecule has 0 heterocycles. The highest BCUT2D eigenvalue weighted by atomic mass is 16.6. The van der Waals surface area contributed by atoms with Gasteiger partial charge in [-0.2, -0.15) is 0 Å². The van der Waals surface area contributed by atoms with E-state index in [1.54, 1.807) is 41.5 Å². The molecule has 0 fully saturated rings. The van der Waals surface area contributed by atoms with Crippen LogP contribution in [-0.2, 0) is 40.0 Å². The molecule has 1 rings (SSSR count). The van der Waals surface area contributed by atoms with Gasteiger partial charge in [-0.05, 0) is 44.6 Å². The van der Waals surface area contributed by atoms with Crippen LogP contribution in [0.4, 0.5) is 4.79 Å². The van der Waals surface area contributed by atoms with Crippen LogP contribution in [0.1, 0.15) is 73.3 Å². The smallest absolute Gasteiger partial charge is 0.408 e. The van der Waals surface area contributed by atoms with Crippen molar-refractivity contribution >= 4 is 29.8 Å². The first-order valence-corrected chi connectivity index (χ1v) is 13.6. The second-order valence-electron chi connectivity index (χ2n) is 11.0. The molecule has 40 heavy (non-hydrogen) atoms. The van der Waals surface area contributed by atoms with Crippen LogP contribution >= 0.6 is 0 Å². The maximum absolute atomic E-state index is 13.3. The van der Waals surface area contributed by atoms with E-state index in [0.29, 0.717) is 6.42 Å². The molecule has 0 unspecified atom stereocenters. The van der Waals surface area contributed by atoms with Crippen LogP contribution < -0.4 is 16.0 Å². The van der Waals surface area contributed by atoms with Crippen LogP contribution in [0.15, 0.2) is 30.3 Å². The van der Waals surface area contributed by atoms with Gasteiger partial charge in [0.2, 0.25) is 11.8 Å². The molecular formula is C29H45N3O8. The van der Waals surface area contributed by atoms with E-state index in [1.165, 1.54) is 7.11 Å². The van der Waals surface area contributed by atoms with Crippen molar-refractivity contribution in [1.29, 1.82) is 0 Å². The van der Waals surface area contributed by atoms with E-state index >= 15 is 0 Å². The lowest BCUT2D eigenvalue weighted by Gasteiger charge is -2.28. The zero-order chi connectivity index (χ0) is 30.5. The molecule has 11 heteroatoms. The maximum Gasteiger partial charge on any atom is 0.408 e. The first-order chi connectivity index (χ1) is 18.7. The Bertz CT molecular complexity index is 991. The van der Waals surface area contributed by atoms with E-state index in [4.69, 9.17) is 14.2 Å². The van der Waals surface area contributed by atoms with Crippen molar-refractivity contribution in [3.63, 3.8) is 0 Å². The third-order valence-electron chi connectivity index (χ3n) is 6.09. The molecular weight excluding hydrogens is 518 g/mol. The van der Waals surface area contributed by atoms with Gasteiger partial charge in [0.1, 0.15) is 30.3 Å². The number of amides is 3. The Morgan fingerprint density at radius 2 is 1.48 bits per heavy atom. The van der Waals surface area contributed by atoms with Gasteiger partial charge in [-0.25, -0.2) is 9.59 Å². The Morgan fingerprint density at radius 1 is 0.875 bits per heavy atom.